The highest BCUT2D eigenvalue weighted by Crippen LogP contribution is 2.47. The van der Waals surface area contributed by atoms with Crippen LogP contribution in [-0.4, -0.2) is 65.7 Å². The van der Waals surface area contributed by atoms with Crippen molar-refractivity contribution in [2.45, 2.75) is 38.5 Å². The molecule has 1 amide bonds. The lowest BCUT2D eigenvalue weighted by Gasteiger charge is -2.34. The Labute approximate surface area is 166 Å². The maximum atomic E-state index is 12.6. The molecule has 0 aromatic carbocycles. The highest BCUT2D eigenvalue weighted by Gasteiger charge is 2.47. The first kappa shape index (κ1) is 19.2. The van der Waals surface area contributed by atoms with Gasteiger partial charge in [0, 0.05) is 57.9 Å². The Hall–Kier alpha value is -2.15. The lowest BCUT2D eigenvalue weighted by atomic mass is 9.92. The summed E-state index contributed by atoms with van der Waals surface area (Å²) < 4.78 is 7.29. The van der Waals surface area contributed by atoms with E-state index in [-0.39, 0.29) is 5.41 Å². The summed E-state index contributed by atoms with van der Waals surface area (Å²) in [6, 6.07) is 2.18. The van der Waals surface area contributed by atoms with Gasteiger partial charge in [-0.2, -0.15) is 0 Å². The molecule has 2 aliphatic rings. The number of rotatable bonds is 6. The van der Waals surface area contributed by atoms with E-state index in [9.17, 15) is 4.79 Å². The number of pyridine rings is 1. The molecule has 2 aromatic rings. The number of likely N-dealkylation sites (tertiary alicyclic amines) is 1. The second-order valence-electron chi connectivity index (χ2n) is 8.64. The number of methoxy groups -OCH3 is 1. The zero-order valence-corrected chi connectivity index (χ0v) is 17.4. The van der Waals surface area contributed by atoms with Gasteiger partial charge in [-0.3, -0.25) is 4.79 Å². The number of hydrogen-bond acceptors (Lipinski definition) is 5. The van der Waals surface area contributed by atoms with Gasteiger partial charge in [-0.15, -0.1) is 0 Å². The van der Waals surface area contributed by atoms with Crippen molar-refractivity contribution in [3.63, 3.8) is 0 Å². The number of anilines is 1. The van der Waals surface area contributed by atoms with Crippen molar-refractivity contribution in [2.75, 3.05) is 45.3 Å². The average Bonchev–Trinajstić information content (AvgIpc) is 3.37. The number of aromatic nitrogens is 3. The average molecular weight is 386 g/mol. The maximum Gasteiger partial charge on any atom is 0.228 e. The van der Waals surface area contributed by atoms with Crippen LogP contribution in [-0.2, 0) is 16.6 Å². The molecule has 0 atom stereocenters. The molecule has 28 heavy (non-hydrogen) atoms. The molecule has 4 rings (SSSR count). The van der Waals surface area contributed by atoms with Gasteiger partial charge in [0.15, 0.2) is 5.82 Å². The van der Waals surface area contributed by atoms with Crippen LogP contribution in [0.3, 0.4) is 0 Å². The Morgan fingerprint density at radius 2 is 2.07 bits per heavy atom. The topological polar surface area (TPSA) is 63.5 Å². The number of nitrogens with zero attached hydrogens (tertiary/aromatic N) is 5. The van der Waals surface area contributed by atoms with E-state index in [2.05, 4.69) is 32.3 Å². The smallest absolute Gasteiger partial charge is 0.228 e. The van der Waals surface area contributed by atoms with E-state index in [0.717, 1.165) is 67.9 Å². The van der Waals surface area contributed by atoms with Crippen molar-refractivity contribution < 1.29 is 9.53 Å². The van der Waals surface area contributed by atoms with Gasteiger partial charge in [0.05, 0.1) is 18.5 Å². The molecule has 1 aliphatic carbocycles. The number of aryl methyl sites for hydroxylation is 1. The molecular weight excluding hydrogens is 354 g/mol. The van der Waals surface area contributed by atoms with Gasteiger partial charge in [-0.1, -0.05) is 6.92 Å². The third-order valence-electron chi connectivity index (χ3n) is 6.42. The number of hydrogen-bond donors (Lipinski definition) is 0. The van der Waals surface area contributed by atoms with Gasteiger partial charge in [-0.25, -0.2) is 9.97 Å². The molecule has 0 radical (unpaired) electrons. The molecule has 1 aliphatic heterocycles. The molecule has 7 nitrogen and oxygen atoms in total. The van der Waals surface area contributed by atoms with Crippen LogP contribution in [0.2, 0.25) is 0 Å². The number of carbonyl (C=O) groups is 1. The van der Waals surface area contributed by atoms with Gasteiger partial charge in [0.25, 0.3) is 0 Å². The van der Waals surface area contributed by atoms with E-state index >= 15 is 0 Å². The number of likely N-dealkylation sites (N-methyl/N-ethyl adjacent to an activating group) is 1. The fourth-order valence-electron chi connectivity index (χ4n) is 4.10. The Morgan fingerprint density at radius 1 is 1.36 bits per heavy atom. The summed E-state index contributed by atoms with van der Waals surface area (Å²) in [5.74, 6) is 1.64. The van der Waals surface area contributed by atoms with Crippen LogP contribution in [0.25, 0.3) is 11.0 Å². The summed E-state index contributed by atoms with van der Waals surface area (Å²) in [6.45, 7) is 5.18. The van der Waals surface area contributed by atoms with Crippen molar-refractivity contribution >= 4 is 22.8 Å². The maximum absolute atomic E-state index is 12.6. The van der Waals surface area contributed by atoms with E-state index < -0.39 is 0 Å². The highest BCUT2D eigenvalue weighted by atomic mass is 16.5. The van der Waals surface area contributed by atoms with Crippen LogP contribution in [0, 0.1) is 5.41 Å². The fourth-order valence-corrected chi connectivity index (χ4v) is 4.10. The quantitative estimate of drug-likeness (QED) is 0.765. The Balaban J connectivity index is 1.55. The second kappa shape index (κ2) is 7.35. The van der Waals surface area contributed by atoms with Gasteiger partial charge in [0.1, 0.15) is 5.52 Å². The second-order valence-corrected chi connectivity index (χ2v) is 8.64. The zero-order valence-electron chi connectivity index (χ0n) is 17.4. The molecular formula is C21H31N5O2. The van der Waals surface area contributed by atoms with Gasteiger partial charge in [-0.05, 0) is 31.7 Å². The van der Waals surface area contributed by atoms with Gasteiger partial charge in [0.2, 0.25) is 5.91 Å². The van der Waals surface area contributed by atoms with Crippen LogP contribution in [0.1, 0.15) is 44.2 Å². The number of amides is 1. The molecule has 0 bridgehead atoms. The number of imidazole rings is 1. The van der Waals surface area contributed by atoms with Crippen LogP contribution in [0.15, 0.2) is 12.4 Å². The monoisotopic (exact) mass is 385 g/mol. The first-order valence-corrected chi connectivity index (χ1v) is 10.2. The minimum absolute atomic E-state index is 0.0735. The minimum atomic E-state index is -0.0735. The first-order valence-electron chi connectivity index (χ1n) is 10.2. The third-order valence-corrected chi connectivity index (χ3v) is 6.42. The van der Waals surface area contributed by atoms with Crippen molar-refractivity contribution in [1.29, 1.82) is 0 Å². The van der Waals surface area contributed by atoms with Crippen LogP contribution >= 0.6 is 0 Å². The molecule has 1 saturated carbocycles. The highest BCUT2D eigenvalue weighted by molar-refractivity contribution is 5.87. The van der Waals surface area contributed by atoms with Crippen LogP contribution in [0.4, 0.5) is 5.82 Å². The van der Waals surface area contributed by atoms with Gasteiger partial charge >= 0.3 is 0 Å². The Kier molecular flexibility index (Phi) is 5.04. The lowest BCUT2D eigenvalue weighted by Crippen LogP contribution is -2.41. The summed E-state index contributed by atoms with van der Waals surface area (Å²) >= 11 is 0. The molecule has 0 spiro atoms. The molecule has 1 saturated heterocycles. The molecule has 2 fully saturated rings. The molecule has 2 aromatic heterocycles. The van der Waals surface area contributed by atoms with Crippen molar-refractivity contribution in [3.8, 4) is 0 Å². The number of fused-ring (bicyclic) bond motifs is 1. The fraction of sp³-hybridized carbons (Fsp3) is 0.667. The zero-order chi connectivity index (χ0) is 19.9. The largest absolute Gasteiger partial charge is 0.383 e. The van der Waals surface area contributed by atoms with Crippen LogP contribution < -0.4 is 4.90 Å². The summed E-state index contributed by atoms with van der Waals surface area (Å²) in [4.78, 5) is 26.4. The van der Waals surface area contributed by atoms with Crippen molar-refractivity contribution in [1.82, 2.24) is 19.4 Å². The normalized spacial score (nSPS) is 19.2. The summed E-state index contributed by atoms with van der Waals surface area (Å²) in [6.07, 6.45) is 5.88. The predicted octanol–water partition coefficient (Wildman–Crippen LogP) is 2.56. The summed E-state index contributed by atoms with van der Waals surface area (Å²) in [7, 11) is 5.78. The minimum Gasteiger partial charge on any atom is -0.383 e. The summed E-state index contributed by atoms with van der Waals surface area (Å²) in [5.41, 5.74) is 3.07. The Morgan fingerprint density at radius 3 is 2.71 bits per heavy atom. The van der Waals surface area contributed by atoms with Crippen molar-refractivity contribution in [2.24, 2.45) is 12.5 Å². The molecule has 152 valence electrons. The van der Waals surface area contributed by atoms with Crippen LogP contribution in [0.5, 0.6) is 0 Å². The lowest BCUT2D eigenvalue weighted by molar-refractivity contribution is -0.137. The molecule has 0 unspecified atom stereocenters. The standard InChI is InChI=1S/C21H31N5O2/c1-21(7-8-21)20(27)26-9-5-15(6-10-26)16-13-17-18(22-14-25(17)3)19(23-16)24(2)11-12-28-4/h13-15H,5-12H2,1-4H3. The van der Waals surface area contributed by atoms with E-state index in [1.807, 2.05) is 20.4 Å². The number of ether oxygens (including phenoxy) is 1. The predicted molar refractivity (Wildman–Crippen MR) is 110 cm³/mol. The van der Waals surface area contributed by atoms with E-state index in [1.54, 1.807) is 7.11 Å². The third kappa shape index (κ3) is 3.48. The van der Waals surface area contributed by atoms with Crippen molar-refractivity contribution in [3.05, 3.63) is 18.1 Å². The Bertz CT molecular complexity index is 865. The number of piperidine rings is 1. The van der Waals surface area contributed by atoms with Gasteiger partial charge < -0.3 is 19.1 Å². The molecule has 7 heteroatoms. The van der Waals surface area contributed by atoms with E-state index in [1.165, 1.54) is 0 Å². The molecule has 3 heterocycles. The first-order chi connectivity index (χ1) is 13.4. The van der Waals surface area contributed by atoms with E-state index in [0.29, 0.717) is 18.4 Å². The number of carbonyl (C=O) groups excluding carboxylic acids is 1. The summed E-state index contributed by atoms with van der Waals surface area (Å²) in [5, 5.41) is 0. The molecule has 0 N–H and O–H groups in total. The SMILES string of the molecule is COCCN(C)c1nc(C2CCN(C(=O)C3(C)CC3)CC2)cc2c1ncn2C. The van der Waals surface area contributed by atoms with E-state index in [4.69, 9.17) is 9.72 Å².